The molecule has 0 atom stereocenters. The van der Waals surface area contributed by atoms with E-state index in [0.29, 0.717) is 16.4 Å². The number of hydrogen-bond acceptors (Lipinski definition) is 6. The van der Waals surface area contributed by atoms with E-state index in [4.69, 9.17) is 0 Å². The molecule has 3 aromatic rings. The van der Waals surface area contributed by atoms with E-state index in [9.17, 15) is 14.5 Å². The Morgan fingerprint density at radius 1 is 1.25 bits per heavy atom. The van der Waals surface area contributed by atoms with Gasteiger partial charge in [-0.3, -0.25) is 15.5 Å². The van der Waals surface area contributed by atoms with E-state index in [-0.39, 0.29) is 11.5 Å². The molecule has 0 spiro atoms. The van der Waals surface area contributed by atoms with Crippen molar-refractivity contribution in [3.8, 4) is 11.3 Å². The average Bonchev–Trinajstić information content (AvgIpc) is 3.04. The third kappa shape index (κ3) is 3.79. The number of non-ortho nitro benzene ring substituents is 1. The van der Waals surface area contributed by atoms with Crippen LogP contribution in [0.5, 0.6) is 0 Å². The normalized spacial score (nSPS) is 10.9. The molecule has 0 bridgehead atoms. The van der Waals surface area contributed by atoms with Crippen LogP contribution >= 0.6 is 11.3 Å². The first-order valence-corrected chi connectivity index (χ1v) is 7.75. The van der Waals surface area contributed by atoms with Crippen LogP contribution in [0.15, 0.2) is 59.0 Å². The Labute approximate surface area is 140 Å². The third-order valence-corrected chi connectivity index (χ3v) is 3.85. The van der Waals surface area contributed by atoms with Gasteiger partial charge in [0.2, 0.25) is 5.13 Å². The maximum atomic E-state index is 13.1. The Kier molecular flexibility index (Phi) is 4.57. The van der Waals surface area contributed by atoms with E-state index >= 15 is 0 Å². The largest absolute Gasteiger partial charge is 0.269 e. The Hall–Kier alpha value is -3.13. The molecule has 1 aromatic heterocycles. The zero-order chi connectivity index (χ0) is 16.9. The van der Waals surface area contributed by atoms with Gasteiger partial charge in [0.15, 0.2) is 0 Å². The summed E-state index contributed by atoms with van der Waals surface area (Å²) in [6.45, 7) is 0. The smallest absolute Gasteiger partial charge is 0.258 e. The lowest BCUT2D eigenvalue weighted by atomic mass is 10.1. The monoisotopic (exact) mass is 342 g/mol. The highest BCUT2D eigenvalue weighted by Gasteiger charge is 2.07. The molecule has 0 aliphatic carbocycles. The molecular weight excluding hydrogens is 331 g/mol. The number of benzene rings is 2. The predicted molar refractivity (Wildman–Crippen MR) is 91.8 cm³/mol. The molecule has 120 valence electrons. The number of halogens is 1. The molecule has 24 heavy (non-hydrogen) atoms. The summed E-state index contributed by atoms with van der Waals surface area (Å²) in [4.78, 5) is 14.6. The molecule has 0 amide bonds. The molecule has 0 aliphatic rings. The first kappa shape index (κ1) is 15.8. The number of anilines is 1. The van der Waals surface area contributed by atoms with Crippen molar-refractivity contribution in [2.75, 3.05) is 5.43 Å². The second-order valence-corrected chi connectivity index (χ2v) is 5.62. The number of nitrogens with zero attached hydrogens (tertiary/aromatic N) is 3. The van der Waals surface area contributed by atoms with Gasteiger partial charge in [0.25, 0.3) is 5.69 Å². The van der Waals surface area contributed by atoms with Crippen LogP contribution in [0.1, 0.15) is 5.56 Å². The molecule has 6 nitrogen and oxygen atoms in total. The quantitative estimate of drug-likeness (QED) is 0.426. The highest BCUT2D eigenvalue weighted by molar-refractivity contribution is 7.14. The van der Waals surface area contributed by atoms with Crippen molar-refractivity contribution in [1.29, 1.82) is 0 Å². The van der Waals surface area contributed by atoms with Crippen molar-refractivity contribution in [2.45, 2.75) is 0 Å². The van der Waals surface area contributed by atoms with Gasteiger partial charge in [0.1, 0.15) is 5.82 Å². The summed E-state index contributed by atoms with van der Waals surface area (Å²) in [5, 5.41) is 17.1. The van der Waals surface area contributed by atoms with Crippen LogP contribution in [-0.4, -0.2) is 16.1 Å². The molecule has 0 fully saturated rings. The first-order chi connectivity index (χ1) is 11.6. The summed E-state index contributed by atoms with van der Waals surface area (Å²) in [6, 6.07) is 12.2. The highest BCUT2D eigenvalue weighted by atomic mass is 32.1. The zero-order valence-electron chi connectivity index (χ0n) is 12.2. The van der Waals surface area contributed by atoms with Crippen molar-refractivity contribution < 1.29 is 9.31 Å². The number of hydrazone groups is 1. The van der Waals surface area contributed by atoms with Gasteiger partial charge in [-0.05, 0) is 29.8 Å². The van der Waals surface area contributed by atoms with E-state index in [1.807, 2.05) is 5.38 Å². The third-order valence-electron chi connectivity index (χ3n) is 3.10. The second-order valence-electron chi connectivity index (χ2n) is 4.77. The van der Waals surface area contributed by atoms with Crippen molar-refractivity contribution in [2.24, 2.45) is 5.10 Å². The number of thiazole rings is 1. The molecule has 0 saturated carbocycles. The summed E-state index contributed by atoms with van der Waals surface area (Å²) in [6.07, 6.45) is 1.50. The predicted octanol–water partition coefficient (Wildman–Crippen LogP) is 4.30. The van der Waals surface area contributed by atoms with Gasteiger partial charge in [-0.25, -0.2) is 9.37 Å². The SMILES string of the molecule is O=[N+]([O-])c1ccc(-c2csc(N/N=C\c3cccc(F)c3)n2)cc1. The number of nitro groups is 1. The molecule has 8 heteroatoms. The zero-order valence-corrected chi connectivity index (χ0v) is 13.0. The topological polar surface area (TPSA) is 80.4 Å². The minimum absolute atomic E-state index is 0.0343. The van der Waals surface area contributed by atoms with E-state index in [0.717, 1.165) is 5.56 Å². The lowest BCUT2D eigenvalue weighted by molar-refractivity contribution is -0.384. The van der Waals surface area contributed by atoms with Gasteiger partial charge < -0.3 is 0 Å². The van der Waals surface area contributed by atoms with Crippen LogP contribution in [0.2, 0.25) is 0 Å². The van der Waals surface area contributed by atoms with Crippen LogP contribution in [0.25, 0.3) is 11.3 Å². The average molecular weight is 342 g/mol. The van der Waals surface area contributed by atoms with Crippen LogP contribution in [-0.2, 0) is 0 Å². The standard InChI is InChI=1S/C16H11FN4O2S/c17-13-3-1-2-11(8-13)9-18-20-16-19-15(10-24-16)12-4-6-14(7-5-12)21(22)23/h1-10H,(H,19,20)/b18-9-. The number of nitrogens with one attached hydrogen (secondary N) is 1. The summed E-state index contributed by atoms with van der Waals surface area (Å²) >= 11 is 1.35. The highest BCUT2D eigenvalue weighted by Crippen LogP contribution is 2.26. The number of rotatable bonds is 5. The summed E-state index contributed by atoms with van der Waals surface area (Å²) < 4.78 is 13.1. The molecular formula is C16H11FN4O2S. The Morgan fingerprint density at radius 3 is 2.75 bits per heavy atom. The van der Waals surface area contributed by atoms with Gasteiger partial charge >= 0.3 is 0 Å². The molecule has 3 rings (SSSR count). The molecule has 2 aromatic carbocycles. The summed E-state index contributed by atoms with van der Waals surface area (Å²) in [7, 11) is 0. The Balaban J connectivity index is 1.68. The van der Waals surface area contributed by atoms with Crippen molar-refractivity contribution in [3.63, 3.8) is 0 Å². The van der Waals surface area contributed by atoms with E-state index < -0.39 is 4.92 Å². The van der Waals surface area contributed by atoms with Crippen molar-refractivity contribution in [1.82, 2.24) is 4.98 Å². The van der Waals surface area contributed by atoms with Crippen LogP contribution < -0.4 is 5.43 Å². The minimum Gasteiger partial charge on any atom is -0.258 e. The molecule has 1 N–H and O–H groups in total. The Morgan fingerprint density at radius 2 is 2.04 bits per heavy atom. The maximum Gasteiger partial charge on any atom is 0.269 e. The van der Waals surface area contributed by atoms with Crippen molar-refractivity contribution >= 4 is 28.4 Å². The fraction of sp³-hybridized carbons (Fsp3) is 0. The van der Waals surface area contributed by atoms with Gasteiger partial charge in [-0.15, -0.1) is 11.3 Å². The van der Waals surface area contributed by atoms with Crippen molar-refractivity contribution in [3.05, 3.63) is 75.4 Å². The van der Waals surface area contributed by atoms with Gasteiger partial charge in [0, 0.05) is 23.1 Å². The molecule has 0 radical (unpaired) electrons. The summed E-state index contributed by atoms with van der Waals surface area (Å²) in [5.74, 6) is -0.325. The first-order valence-electron chi connectivity index (χ1n) is 6.87. The number of nitro benzene ring substituents is 1. The van der Waals surface area contributed by atoms with E-state index in [2.05, 4.69) is 15.5 Å². The molecule has 0 saturated heterocycles. The minimum atomic E-state index is -0.445. The van der Waals surface area contributed by atoms with Gasteiger partial charge in [-0.2, -0.15) is 5.10 Å². The van der Waals surface area contributed by atoms with E-state index in [1.165, 1.54) is 41.8 Å². The van der Waals surface area contributed by atoms with Crippen LogP contribution in [0.4, 0.5) is 15.2 Å². The van der Waals surface area contributed by atoms with Gasteiger partial charge in [-0.1, -0.05) is 12.1 Å². The number of aromatic nitrogens is 1. The molecule has 1 heterocycles. The maximum absolute atomic E-state index is 13.1. The Bertz CT molecular complexity index is 893. The molecule has 0 aliphatic heterocycles. The van der Waals surface area contributed by atoms with Gasteiger partial charge in [0.05, 0.1) is 16.8 Å². The fourth-order valence-corrected chi connectivity index (χ4v) is 2.63. The number of hydrogen-bond donors (Lipinski definition) is 1. The second kappa shape index (κ2) is 6.97. The fourth-order valence-electron chi connectivity index (χ4n) is 1.96. The lowest BCUT2D eigenvalue weighted by Gasteiger charge is -1.97. The molecule has 0 unspecified atom stereocenters. The van der Waals surface area contributed by atoms with E-state index in [1.54, 1.807) is 24.3 Å². The van der Waals surface area contributed by atoms with Crippen LogP contribution in [0, 0.1) is 15.9 Å². The summed E-state index contributed by atoms with van der Waals surface area (Å²) in [5.41, 5.74) is 4.92. The van der Waals surface area contributed by atoms with Crippen LogP contribution in [0.3, 0.4) is 0 Å². The lowest BCUT2D eigenvalue weighted by Crippen LogP contribution is -1.91.